The van der Waals surface area contributed by atoms with Crippen molar-refractivity contribution >= 4 is 34.2 Å². The van der Waals surface area contributed by atoms with Crippen LogP contribution in [0.15, 0.2) is 24.3 Å². The molecule has 1 unspecified atom stereocenters. The highest BCUT2D eigenvalue weighted by atomic mass is 32.1. The van der Waals surface area contributed by atoms with E-state index in [2.05, 4.69) is 22.5 Å². The first kappa shape index (κ1) is 17.4. The van der Waals surface area contributed by atoms with Gasteiger partial charge in [0.05, 0.1) is 17.9 Å². The minimum atomic E-state index is -0.374. The van der Waals surface area contributed by atoms with Gasteiger partial charge in [0.15, 0.2) is 5.13 Å². The SMILES string of the molecule is CCOC(=O)c1ccc(NC(=O)Nc2nc3c(s2)CC(C)CC3)cc1. The zero-order valence-electron chi connectivity index (χ0n) is 14.3. The predicted octanol–water partition coefficient (Wildman–Crippen LogP) is 4.09. The molecule has 0 bridgehead atoms. The number of urea groups is 1. The van der Waals surface area contributed by atoms with Crippen LogP contribution in [0.5, 0.6) is 0 Å². The summed E-state index contributed by atoms with van der Waals surface area (Å²) in [7, 11) is 0. The Morgan fingerprint density at radius 2 is 2.04 bits per heavy atom. The quantitative estimate of drug-likeness (QED) is 0.806. The molecule has 132 valence electrons. The molecule has 25 heavy (non-hydrogen) atoms. The first-order valence-corrected chi connectivity index (χ1v) is 9.20. The van der Waals surface area contributed by atoms with Gasteiger partial charge in [-0.1, -0.05) is 6.92 Å². The number of aryl methyl sites for hydroxylation is 1. The Morgan fingerprint density at radius 3 is 2.76 bits per heavy atom. The zero-order chi connectivity index (χ0) is 17.8. The maximum Gasteiger partial charge on any atom is 0.338 e. The molecule has 6 nitrogen and oxygen atoms in total. The lowest BCUT2D eigenvalue weighted by molar-refractivity contribution is 0.0526. The lowest BCUT2D eigenvalue weighted by Crippen LogP contribution is -2.19. The Balaban J connectivity index is 1.58. The number of hydrogen-bond acceptors (Lipinski definition) is 5. The second-order valence-electron chi connectivity index (χ2n) is 6.11. The fourth-order valence-electron chi connectivity index (χ4n) is 2.76. The summed E-state index contributed by atoms with van der Waals surface area (Å²) in [5, 5.41) is 6.15. The molecule has 0 saturated carbocycles. The van der Waals surface area contributed by atoms with Crippen molar-refractivity contribution in [3.05, 3.63) is 40.4 Å². The van der Waals surface area contributed by atoms with Crippen LogP contribution < -0.4 is 10.6 Å². The molecule has 3 rings (SSSR count). The summed E-state index contributed by atoms with van der Waals surface area (Å²) >= 11 is 1.55. The maximum atomic E-state index is 12.1. The fraction of sp³-hybridized carbons (Fsp3) is 0.389. The molecule has 0 radical (unpaired) electrons. The highest BCUT2D eigenvalue weighted by Crippen LogP contribution is 2.32. The summed E-state index contributed by atoms with van der Waals surface area (Å²) in [5.74, 6) is 0.300. The molecule has 7 heteroatoms. The van der Waals surface area contributed by atoms with Gasteiger partial charge in [0.25, 0.3) is 0 Å². The zero-order valence-corrected chi connectivity index (χ0v) is 15.1. The highest BCUT2D eigenvalue weighted by Gasteiger charge is 2.20. The Bertz CT molecular complexity index is 770. The van der Waals surface area contributed by atoms with Crippen molar-refractivity contribution in [1.29, 1.82) is 0 Å². The number of benzene rings is 1. The first-order valence-electron chi connectivity index (χ1n) is 8.39. The number of carbonyl (C=O) groups excluding carboxylic acids is 2. The number of rotatable bonds is 4. The third-order valence-corrected chi connectivity index (χ3v) is 5.10. The Morgan fingerprint density at radius 1 is 1.28 bits per heavy atom. The molecule has 2 N–H and O–H groups in total. The Labute approximate surface area is 150 Å². The van der Waals surface area contributed by atoms with Crippen molar-refractivity contribution in [3.8, 4) is 0 Å². The number of esters is 1. The van der Waals surface area contributed by atoms with Crippen LogP contribution in [0.25, 0.3) is 0 Å². The summed E-state index contributed by atoms with van der Waals surface area (Å²) < 4.78 is 4.93. The minimum absolute atomic E-state index is 0.331. The van der Waals surface area contributed by atoms with Crippen molar-refractivity contribution in [2.45, 2.75) is 33.1 Å². The molecule has 2 aromatic rings. The molecule has 0 spiro atoms. The number of anilines is 2. The monoisotopic (exact) mass is 359 g/mol. The molecule has 1 aliphatic carbocycles. The second kappa shape index (κ2) is 7.65. The second-order valence-corrected chi connectivity index (χ2v) is 7.20. The molecule has 1 aromatic carbocycles. The third-order valence-electron chi connectivity index (χ3n) is 4.06. The number of nitrogens with one attached hydrogen (secondary N) is 2. The summed E-state index contributed by atoms with van der Waals surface area (Å²) in [6.45, 7) is 4.33. The van der Waals surface area contributed by atoms with Gasteiger partial charge in [-0.15, -0.1) is 11.3 Å². The number of amides is 2. The van der Waals surface area contributed by atoms with Crippen LogP contribution in [-0.4, -0.2) is 23.6 Å². The van der Waals surface area contributed by atoms with E-state index in [0.29, 0.717) is 28.9 Å². The van der Waals surface area contributed by atoms with Gasteiger partial charge in [-0.25, -0.2) is 14.6 Å². The van der Waals surface area contributed by atoms with Crippen molar-refractivity contribution in [1.82, 2.24) is 4.98 Å². The molecule has 1 aliphatic rings. The van der Waals surface area contributed by atoms with E-state index in [0.717, 1.165) is 25.0 Å². The number of nitrogens with zero attached hydrogens (tertiary/aromatic N) is 1. The van der Waals surface area contributed by atoms with Crippen LogP contribution in [0.1, 0.15) is 41.2 Å². The van der Waals surface area contributed by atoms with Crippen LogP contribution in [-0.2, 0) is 17.6 Å². The number of aromatic nitrogens is 1. The van der Waals surface area contributed by atoms with Gasteiger partial charge in [-0.05, 0) is 56.4 Å². The van der Waals surface area contributed by atoms with Gasteiger partial charge in [-0.2, -0.15) is 0 Å². The van der Waals surface area contributed by atoms with E-state index in [4.69, 9.17) is 4.74 Å². The summed E-state index contributed by atoms with van der Waals surface area (Å²) in [6, 6.07) is 6.23. The Hall–Kier alpha value is -2.41. The summed E-state index contributed by atoms with van der Waals surface area (Å²) in [5.41, 5.74) is 2.16. The molecule has 0 saturated heterocycles. The standard InChI is InChI=1S/C18H21N3O3S/c1-3-24-16(22)12-5-7-13(8-6-12)19-17(23)21-18-20-14-9-4-11(2)10-15(14)25-18/h5-8,11H,3-4,9-10H2,1-2H3,(H2,19,20,21,23). The summed E-state index contributed by atoms with van der Waals surface area (Å²) in [4.78, 5) is 29.5. The number of thiazole rings is 1. The smallest absolute Gasteiger partial charge is 0.338 e. The average molecular weight is 359 g/mol. The molecule has 0 fully saturated rings. The molecule has 1 aromatic heterocycles. The van der Waals surface area contributed by atoms with Gasteiger partial charge < -0.3 is 10.1 Å². The first-order chi connectivity index (χ1) is 12.0. The number of carbonyl (C=O) groups is 2. The Kier molecular flexibility index (Phi) is 5.33. The molecule has 1 heterocycles. The molecular weight excluding hydrogens is 338 g/mol. The molecular formula is C18H21N3O3S. The van der Waals surface area contributed by atoms with E-state index >= 15 is 0 Å². The highest BCUT2D eigenvalue weighted by molar-refractivity contribution is 7.15. The van der Waals surface area contributed by atoms with Crippen molar-refractivity contribution < 1.29 is 14.3 Å². The fourth-order valence-corrected chi connectivity index (χ4v) is 3.92. The topological polar surface area (TPSA) is 80.3 Å². The molecule has 0 aliphatic heterocycles. The van der Waals surface area contributed by atoms with Crippen LogP contribution >= 0.6 is 11.3 Å². The molecule has 2 amide bonds. The van der Waals surface area contributed by atoms with Crippen molar-refractivity contribution in [2.24, 2.45) is 5.92 Å². The number of ether oxygens (including phenoxy) is 1. The summed E-state index contributed by atoms with van der Waals surface area (Å²) in [6.07, 6.45) is 3.16. The maximum absolute atomic E-state index is 12.1. The third kappa shape index (κ3) is 4.36. The van der Waals surface area contributed by atoms with Crippen LogP contribution in [0.3, 0.4) is 0 Å². The van der Waals surface area contributed by atoms with E-state index in [1.807, 2.05) is 0 Å². The predicted molar refractivity (Wildman–Crippen MR) is 98.3 cm³/mol. The van der Waals surface area contributed by atoms with Gasteiger partial charge in [0.1, 0.15) is 0 Å². The largest absolute Gasteiger partial charge is 0.462 e. The van der Waals surface area contributed by atoms with E-state index in [-0.39, 0.29) is 12.0 Å². The lowest BCUT2D eigenvalue weighted by Gasteiger charge is -2.15. The van der Waals surface area contributed by atoms with E-state index < -0.39 is 0 Å². The number of hydrogen-bond donors (Lipinski definition) is 2. The lowest BCUT2D eigenvalue weighted by atomic mass is 9.93. The minimum Gasteiger partial charge on any atom is -0.462 e. The van der Waals surface area contributed by atoms with Crippen molar-refractivity contribution in [3.63, 3.8) is 0 Å². The van der Waals surface area contributed by atoms with E-state index in [1.165, 1.54) is 4.88 Å². The van der Waals surface area contributed by atoms with Crippen LogP contribution in [0, 0.1) is 5.92 Å². The van der Waals surface area contributed by atoms with Crippen molar-refractivity contribution in [2.75, 3.05) is 17.2 Å². The number of fused-ring (bicyclic) bond motifs is 1. The normalized spacial score (nSPS) is 16.0. The van der Waals surface area contributed by atoms with E-state index in [9.17, 15) is 9.59 Å². The van der Waals surface area contributed by atoms with Crippen LogP contribution in [0.2, 0.25) is 0 Å². The van der Waals surface area contributed by atoms with Gasteiger partial charge in [-0.3, -0.25) is 5.32 Å². The van der Waals surface area contributed by atoms with Gasteiger partial charge in [0.2, 0.25) is 0 Å². The molecule has 1 atom stereocenters. The van der Waals surface area contributed by atoms with E-state index in [1.54, 1.807) is 42.5 Å². The average Bonchev–Trinajstić information content (AvgIpc) is 2.96. The van der Waals surface area contributed by atoms with Crippen LogP contribution in [0.4, 0.5) is 15.6 Å². The van der Waals surface area contributed by atoms with Gasteiger partial charge in [0, 0.05) is 10.6 Å². The van der Waals surface area contributed by atoms with Gasteiger partial charge >= 0.3 is 12.0 Å².